The monoisotopic (exact) mass is 512 g/mol. The maximum atomic E-state index is 13.9. The summed E-state index contributed by atoms with van der Waals surface area (Å²) in [5.41, 5.74) is 1.76. The van der Waals surface area contributed by atoms with E-state index in [-0.39, 0.29) is 34.9 Å². The van der Waals surface area contributed by atoms with E-state index in [9.17, 15) is 18.8 Å². The number of aliphatic hydroxyl groups excluding tert-OH is 1. The van der Waals surface area contributed by atoms with Crippen LogP contribution in [0.1, 0.15) is 49.3 Å². The van der Waals surface area contributed by atoms with Gasteiger partial charge in [-0.2, -0.15) is 0 Å². The second kappa shape index (κ2) is 11.2. The summed E-state index contributed by atoms with van der Waals surface area (Å²) in [6, 6.07) is 7.44. The average molecular weight is 513 g/mol. The maximum absolute atomic E-state index is 13.9. The van der Waals surface area contributed by atoms with Gasteiger partial charge in [0.25, 0.3) is 11.5 Å². The molecule has 0 bridgehead atoms. The molecule has 2 amide bonds. The predicted octanol–water partition coefficient (Wildman–Crippen LogP) is 2.53. The molecule has 0 spiro atoms. The van der Waals surface area contributed by atoms with E-state index in [4.69, 9.17) is 9.84 Å². The van der Waals surface area contributed by atoms with Gasteiger partial charge in [0.15, 0.2) is 11.4 Å². The molecule has 1 saturated heterocycles. The number of likely N-dealkylation sites (tertiary alicyclic amines) is 1. The van der Waals surface area contributed by atoms with Gasteiger partial charge < -0.3 is 24.6 Å². The van der Waals surface area contributed by atoms with E-state index in [0.29, 0.717) is 62.0 Å². The molecule has 9 nitrogen and oxygen atoms in total. The van der Waals surface area contributed by atoms with Crippen molar-refractivity contribution in [1.82, 2.24) is 19.4 Å². The summed E-state index contributed by atoms with van der Waals surface area (Å²) >= 11 is 0. The number of benzene rings is 1. The minimum absolute atomic E-state index is 0.158. The van der Waals surface area contributed by atoms with Crippen LogP contribution < -0.4 is 15.6 Å². The van der Waals surface area contributed by atoms with Crippen LogP contribution >= 0.6 is 0 Å². The van der Waals surface area contributed by atoms with Crippen LogP contribution in [-0.4, -0.2) is 63.3 Å². The number of aromatic nitrogens is 2. The highest BCUT2D eigenvalue weighted by molar-refractivity contribution is 6.04. The van der Waals surface area contributed by atoms with Crippen molar-refractivity contribution in [2.24, 2.45) is 7.05 Å². The van der Waals surface area contributed by atoms with E-state index in [1.165, 1.54) is 16.7 Å². The largest absolute Gasteiger partial charge is 0.490 e. The average Bonchev–Trinajstić information content (AvgIpc) is 3.19. The number of nitrogens with zero attached hydrogens (tertiary/aromatic N) is 3. The van der Waals surface area contributed by atoms with Crippen molar-refractivity contribution in [1.29, 1.82) is 0 Å². The fourth-order valence-electron chi connectivity index (χ4n) is 4.88. The second-order valence-corrected chi connectivity index (χ2v) is 9.24. The van der Waals surface area contributed by atoms with Gasteiger partial charge in [-0.05, 0) is 56.0 Å². The number of ether oxygens (including phenoxy) is 1. The zero-order chi connectivity index (χ0) is 26.7. The number of piperidine rings is 1. The Labute approximate surface area is 214 Å². The van der Waals surface area contributed by atoms with E-state index in [2.05, 4.69) is 5.32 Å². The SMILES string of the molecule is CCCOc1c(C(=O)NC2CCN(C(=O)CO)CC2)n(C)c2cc(CC)n(-c3ccc(F)cc3)c(=O)c12. The highest BCUT2D eigenvalue weighted by Gasteiger charge is 2.29. The van der Waals surface area contributed by atoms with E-state index >= 15 is 0 Å². The molecule has 1 fully saturated rings. The number of carbonyl (C=O) groups is 2. The number of amides is 2. The highest BCUT2D eigenvalue weighted by atomic mass is 19.1. The number of carbonyl (C=O) groups excluding carboxylic acids is 2. The van der Waals surface area contributed by atoms with E-state index < -0.39 is 12.4 Å². The van der Waals surface area contributed by atoms with Crippen molar-refractivity contribution in [2.45, 2.75) is 45.6 Å². The quantitative estimate of drug-likeness (QED) is 0.483. The molecule has 37 heavy (non-hydrogen) atoms. The molecule has 10 heteroatoms. The molecule has 198 valence electrons. The van der Waals surface area contributed by atoms with Crippen molar-refractivity contribution in [3.8, 4) is 11.4 Å². The van der Waals surface area contributed by atoms with Gasteiger partial charge in [-0.1, -0.05) is 13.8 Å². The first kappa shape index (κ1) is 26.4. The van der Waals surface area contributed by atoms with E-state index in [1.807, 2.05) is 19.9 Å². The molecule has 3 aromatic rings. The number of pyridine rings is 1. The van der Waals surface area contributed by atoms with Crippen molar-refractivity contribution in [3.63, 3.8) is 0 Å². The van der Waals surface area contributed by atoms with E-state index in [1.54, 1.807) is 28.6 Å². The number of aliphatic hydroxyl groups is 1. The molecule has 0 aliphatic carbocycles. The standard InChI is InChI=1S/C27H33FN4O5/c1-4-14-37-25-23-21(15-19(5-2)32(27(23)36)20-8-6-17(28)7-9-20)30(3)24(25)26(35)29-18-10-12-31(13-11-18)22(34)16-33/h6-9,15,18,33H,4-5,10-14,16H2,1-3H3,(H,29,35). The number of aryl methyl sites for hydroxylation is 2. The minimum atomic E-state index is -0.527. The van der Waals surface area contributed by atoms with Crippen LogP contribution in [0.25, 0.3) is 16.6 Å². The molecule has 1 aromatic carbocycles. The summed E-state index contributed by atoms with van der Waals surface area (Å²) < 4.78 is 22.8. The molecule has 3 heterocycles. The third-order valence-electron chi connectivity index (χ3n) is 6.83. The zero-order valence-electron chi connectivity index (χ0n) is 21.4. The lowest BCUT2D eigenvalue weighted by molar-refractivity contribution is -0.135. The fraction of sp³-hybridized carbons (Fsp3) is 0.444. The van der Waals surface area contributed by atoms with Gasteiger partial charge in [0, 0.05) is 37.6 Å². The lowest BCUT2D eigenvalue weighted by Gasteiger charge is -2.32. The minimum Gasteiger partial charge on any atom is -0.490 e. The van der Waals surface area contributed by atoms with Gasteiger partial charge in [-0.3, -0.25) is 19.0 Å². The molecule has 0 unspecified atom stereocenters. The topological polar surface area (TPSA) is 106 Å². The van der Waals surface area contributed by atoms with Crippen molar-refractivity contribution in [2.75, 3.05) is 26.3 Å². The highest BCUT2D eigenvalue weighted by Crippen LogP contribution is 2.32. The van der Waals surface area contributed by atoms with Crippen molar-refractivity contribution in [3.05, 3.63) is 57.9 Å². The Balaban J connectivity index is 1.76. The lowest BCUT2D eigenvalue weighted by atomic mass is 10.0. The Morgan fingerprint density at radius 3 is 2.43 bits per heavy atom. The van der Waals surface area contributed by atoms with Gasteiger partial charge >= 0.3 is 0 Å². The smallest absolute Gasteiger partial charge is 0.272 e. The number of nitrogens with one attached hydrogen (secondary N) is 1. The normalized spacial score (nSPS) is 14.2. The summed E-state index contributed by atoms with van der Waals surface area (Å²) in [6.07, 6.45) is 2.35. The summed E-state index contributed by atoms with van der Waals surface area (Å²) in [5, 5.41) is 12.4. The molecule has 4 rings (SSSR count). The van der Waals surface area contributed by atoms with Crippen LogP contribution in [0.4, 0.5) is 4.39 Å². The molecule has 2 aromatic heterocycles. The summed E-state index contributed by atoms with van der Waals surface area (Å²) in [5.74, 6) is -0.846. The molecular weight excluding hydrogens is 479 g/mol. The summed E-state index contributed by atoms with van der Waals surface area (Å²) in [6.45, 7) is 4.56. The van der Waals surface area contributed by atoms with Gasteiger partial charge in [0.1, 0.15) is 17.8 Å². The van der Waals surface area contributed by atoms with Crippen molar-refractivity contribution < 1.29 is 23.8 Å². The number of halogens is 1. The summed E-state index contributed by atoms with van der Waals surface area (Å²) in [7, 11) is 1.74. The Bertz CT molecular complexity index is 1350. The Morgan fingerprint density at radius 1 is 1.16 bits per heavy atom. The van der Waals surface area contributed by atoms with Crippen LogP contribution in [0.2, 0.25) is 0 Å². The van der Waals surface area contributed by atoms with Gasteiger partial charge in [-0.15, -0.1) is 0 Å². The molecule has 1 aliphatic heterocycles. The Hall–Kier alpha value is -3.66. The third-order valence-corrected chi connectivity index (χ3v) is 6.83. The first-order valence-electron chi connectivity index (χ1n) is 12.7. The predicted molar refractivity (Wildman–Crippen MR) is 138 cm³/mol. The maximum Gasteiger partial charge on any atom is 0.272 e. The molecule has 1 aliphatic rings. The third kappa shape index (κ3) is 5.11. The fourth-order valence-corrected chi connectivity index (χ4v) is 4.88. The Morgan fingerprint density at radius 2 is 1.84 bits per heavy atom. The first-order valence-corrected chi connectivity index (χ1v) is 12.7. The van der Waals surface area contributed by atoms with Crippen LogP contribution in [0.5, 0.6) is 5.75 Å². The number of hydrogen-bond donors (Lipinski definition) is 2. The van der Waals surface area contributed by atoms with Crippen LogP contribution in [-0.2, 0) is 18.3 Å². The summed E-state index contributed by atoms with van der Waals surface area (Å²) in [4.78, 5) is 40.7. The number of rotatable bonds is 8. The molecule has 2 N–H and O–H groups in total. The lowest BCUT2D eigenvalue weighted by Crippen LogP contribution is -2.47. The number of hydrogen-bond acceptors (Lipinski definition) is 5. The van der Waals surface area contributed by atoms with Gasteiger partial charge in [0.05, 0.1) is 12.1 Å². The molecule has 0 radical (unpaired) electrons. The molecular formula is C27H33FN4O5. The molecule has 0 saturated carbocycles. The van der Waals surface area contributed by atoms with E-state index in [0.717, 1.165) is 5.69 Å². The number of fused-ring (bicyclic) bond motifs is 1. The zero-order valence-corrected chi connectivity index (χ0v) is 21.4. The van der Waals surface area contributed by atoms with Crippen LogP contribution in [0, 0.1) is 5.82 Å². The van der Waals surface area contributed by atoms with Gasteiger partial charge in [-0.25, -0.2) is 4.39 Å². The molecule has 0 atom stereocenters. The first-order chi connectivity index (χ1) is 17.8. The van der Waals surface area contributed by atoms with Crippen LogP contribution in [0.3, 0.4) is 0 Å². The van der Waals surface area contributed by atoms with Crippen LogP contribution in [0.15, 0.2) is 35.1 Å². The second-order valence-electron chi connectivity index (χ2n) is 9.24. The Kier molecular flexibility index (Phi) is 7.97. The van der Waals surface area contributed by atoms with Crippen molar-refractivity contribution >= 4 is 22.7 Å². The van der Waals surface area contributed by atoms with Gasteiger partial charge in [0.2, 0.25) is 5.91 Å².